The maximum atomic E-state index is 12.3. The number of hydrogen-bond donors (Lipinski definition) is 1. The number of carbonyl (C=O) groups is 2. The number of furan rings is 1. The number of esters is 1. The highest BCUT2D eigenvalue weighted by atomic mass is 16.5. The first-order chi connectivity index (χ1) is 10.6. The largest absolute Gasteiger partial charge is 0.497 e. The average Bonchev–Trinajstić information content (AvgIpc) is 2.85. The van der Waals surface area contributed by atoms with Gasteiger partial charge < -0.3 is 19.2 Å². The van der Waals surface area contributed by atoms with Gasteiger partial charge in [-0.25, -0.2) is 4.79 Å². The molecule has 6 nitrogen and oxygen atoms in total. The van der Waals surface area contributed by atoms with Gasteiger partial charge in [-0.05, 0) is 25.1 Å². The lowest BCUT2D eigenvalue weighted by atomic mass is 10.1. The summed E-state index contributed by atoms with van der Waals surface area (Å²) in [6.07, 6.45) is 2.77. The molecule has 1 amide bonds. The van der Waals surface area contributed by atoms with Gasteiger partial charge in [-0.15, -0.1) is 0 Å². The van der Waals surface area contributed by atoms with E-state index in [-0.39, 0.29) is 12.5 Å². The van der Waals surface area contributed by atoms with E-state index in [4.69, 9.17) is 9.15 Å². The quantitative estimate of drug-likeness (QED) is 0.677. The first-order valence-corrected chi connectivity index (χ1v) is 6.66. The highest BCUT2D eigenvalue weighted by Gasteiger charge is 2.18. The molecule has 1 aromatic carbocycles. The lowest BCUT2D eigenvalue weighted by molar-refractivity contribution is -0.134. The summed E-state index contributed by atoms with van der Waals surface area (Å²) in [5, 5.41) is 3.39. The van der Waals surface area contributed by atoms with Crippen molar-refractivity contribution < 1.29 is 23.5 Å². The highest BCUT2D eigenvalue weighted by molar-refractivity contribution is 6.07. The topological polar surface area (TPSA) is 77.8 Å². The van der Waals surface area contributed by atoms with Gasteiger partial charge in [-0.1, -0.05) is 6.08 Å². The van der Waals surface area contributed by atoms with Crippen LogP contribution >= 0.6 is 0 Å². The van der Waals surface area contributed by atoms with E-state index in [1.165, 1.54) is 19.3 Å². The van der Waals surface area contributed by atoms with Gasteiger partial charge in [0.15, 0.2) is 0 Å². The van der Waals surface area contributed by atoms with Crippen LogP contribution in [-0.2, 0) is 9.53 Å². The van der Waals surface area contributed by atoms with Crippen LogP contribution in [-0.4, -0.2) is 32.6 Å². The maximum Gasteiger partial charge on any atom is 0.330 e. The molecule has 0 saturated heterocycles. The standard InChI is InChI=1S/C16H17NO5/c1-10-15(16(19)17-8-4-5-14(18)21-3)12-9-11(20-2)6-7-13(12)22-10/h4-7,9H,8H2,1-3H3,(H,17,19)/b5-4+. The fourth-order valence-corrected chi connectivity index (χ4v) is 2.07. The van der Waals surface area contributed by atoms with Crippen molar-refractivity contribution in [3.8, 4) is 5.75 Å². The van der Waals surface area contributed by atoms with Crippen molar-refractivity contribution in [3.05, 3.63) is 41.7 Å². The molecule has 0 atom stereocenters. The number of methoxy groups -OCH3 is 2. The smallest absolute Gasteiger partial charge is 0.330 e. The summed E-state index contributed by atoms with van der Waals surface area (Å²) in [4.78, 5) is 23.2. The Bertz CT molecular complexity index is 729. The number of carbonyl (C=O) groups excluding carboxylic acids is 2. The molecule has 6 heteroatoms. The lowest BCUT2D eigenvalue weighted by Crippen LogP contribution is -2.23. The van der Waals surface area contributed by atoms with Gasteiger partial charge in [-0.2, -0.15) is 0 Å². The van der Waals surface area contributed by atoms with E-state index >= 15 is 0 Å². The lowest BCUT2D eigenvalue weighted by Gasteiger charge is -2.02. The summed E-state index contributed by atoms with van der Waals surface area (Å²) in [6.45, 7) is 1.94. The predicted molar refractivity (Wildman–Crippen MR) is 81.0 cm³/mol. The second kappa shape index (κ2) is 6.80. The number of ether oxygens (including phenoxy) is 2. The molecule has 0 aliphatic rings. The van der Waals surface area contributed by atoms with Crippen LogP contribution in [0.4, 0.5) is 0 Å². The molecule has 0 spiro atoms. The minimum atomic E-state index is -0.469. The van der Waals surface area contributed by atoms with Crippen LogP contribution in [0.5, 0.6) is 5.75 Å². The van der Waals surface area contributed by atoms with E-state index < -0.39 is 5.97 Å². The van der Waals surface area contributed by atoms with Crippen molar-refractivity contribution in [2.45, 2.75) is 6.92 Å². The minimum Gasteiger partial charge on any atom is -0.497 e. The Hall–Kier alpha value is -2.76. The van der Waals surface area contributed by atoms with E-state index in [0.29, 0.717) is 28.0 Å². The molecule has 0 bridgehead atoms. The first kappa shape index (κ1) is 15.6. The number of aryl methyl sites for hydroxylation is 1. The van der Waals surface area contributed by atoms with Crippen molar-refractivity contribution in [2.24, 2.45) is 0 Å². The Balaban J connectivity index is 2.18. The fourth-order valence-electron chi connectivity index (χ4n) is 2.07. The summed E-state index contributed by atoms with van der Waals surface area (Å²) in [5.41, 5.74) is 1.08. The van der Waals surface area contributed by atoms with Gasteiger partial charge in [0, 0.05) is 18.0 Å². The number of hydrogen-bond acceptors (Lipinski definition) is 5. The molecule has 0 aliphatic carbocycles. The molecule has 1 N–H and O–H groups in total. The normalized spacial score (nSPS) is 10.9. The van der Waals surface area contributed by atoms with Crippen LogP contribution in [0.2, 0.25) is 0 Å². The molecule has 116 valence electrons. The summed E-state index contributed by atoms with van der Waals surface area (Å²) < 4.78 is 15.2. The third-order valence-corrected chi connectivity index (χ3v) is 3.13. The van der Waals surface area contributed by atoms with E-state index in [1.807, 2.05) is 0 Å². The summed E-state index contributed by atoms with van der Waals surface area (Å²) in [5.74, 6) is 0.425. The van der Waals surface area contributed by atoms with E-state index in [0.717, 1.165) is 0 Å². The van der Waals surface area contributed by atoms with E-state index in [9.17, 15) is 9.59 Å². The molecule has 2 rings (SSSR count). The molecular formula is C16H17NO5. The molecule has 1 aromatic heterocycles. The Morgan fingerprint density at radius 1 is 1.32 bits per heavy atom. The van der Waals surface area contributed by atoms with Gasteiger partial charge in [0.25, 0.3) is 5.91 Å². The van der Waals surface area contributed by atoms with Crippen molar-refractivity contribution in [2.75, 3.05) is 20.8 Å². The summed E-state index contributed by atoms with van der Waals surface area (Å²) in [6, 6.07) is 5.28. The van der Waals surface area contributed by atoms with Gasteiger partial charge in [-0.3, -0.25) is 4.79 Å². The average molecular weight is 303 g/mol. The number of nitrogens with one attached hydrogen (secondary N) is 1. The molecule has 0 radical (unpaired) electrons. The van der Waals surface area contributed by atoms with Crippen molar-refractivity contribution in [3.63, 3.8) is 0 Å². The van der Waals surface area contributed by atoms with E-state index in [2.05, 4.69) is 10.1 Å². The fraction of sp³-hybridized carbons (Fsp3) is 0.250. The monoisotopic (exact) mass is 303 g/mol. The van der Waals surface area contributed by atoms with Gasteiger partial charge in [0.2, 0.25) is 0 Å². The number of benzene rings is 1. The second-order valence-corrected chi connectivity index (χ2v) is 4.53. The zero-order chi connectivity index (χ0) is 16.1. The zero-order valence-electron chi connectivity index (χ0n) is 12.6. The number of amides is 1. The van der Waals surface area contributed by atoms with Crippen LogP contribution in [0.3, 0.4) is 0 Å². The maximum absolute atomic E-state index is 12.3. The van der Waals surface area contributed by atoms with Crippen molar-refractivity contribution >= 4 is 22.8 Å². The molecule has 0 unspecified atom stereocenters. The third kappa shape index (κ3) is 3.28. The Morgan fingerprint density at radius 2 is 2.09 bits per heavy atom. The molecule has 1 heterocycles. The minimum absolute atomic E-state index is 0.212. The van der Waals surface area contributed by atoms with Crippen LogP contribution in [0.15, 0.2) is 34.8 Å². The van der Waals surface area contributed by atoms with Gasteiger partial charge >= 0.3 is 5.97 Å². The van der Waals surface area contributed by atoms with Crippen LogP contribution in [0, 0.1) is 6.92 Å². The molecule has 22 heavy (non-hydrogen) atoms. The molecule has 0 aliphatic heterocycles. The Morgan fingerprint density at radius 3 is 2.77 bits per heavy atom. The Labute approximate surface area is 127 Å². The van der Waals surface area contributed by atoms with Gasteiger partial charge in [0.1, 0.15) is 17.1 Å². The second-order valence-electron chi connectivity index (χ2n) is 4.53. The first-order valence-electron chi connectivity index (χ1n) is 6.66. The van der Waals surface area contributed by atoms with Crippen LogP contribution < -0.4 is 10.1 Å². The number of rotatable bonds is 5. The molecule has 0 saturated carbocycles. The SMILES string of the molecule is COC(=O)/C=C/CNC(=O)c1c(C)oc2ccc(OC)cc12. The van der Waals surface area contributed by atoms with Crippen molar-refractivity contribution in [1.29, 1.82) is 0 Å². The molecule has 2 aromatic rings. The predicted octanol–water partition coefficient (Wildman–Crippen LogP) is 2.21. The molecular weight excluding hydrogens is 286 g/mol. The van der Waals surface area contributed by atoms with Crippen molar-refractivity contribution in [1.82, 2.24) is 5.32 Å². The van der Waals surface area contributed by atoms with E-state index in [1.54, 1.807) is 32.2 Å². The highest BCUT2D eigenvalue weighted by Crippen LogP contribution is 2.28. The molecule has 0 fully saturated rings. The number of fused-ring (bicyclic) bond motifs is 1. The summed E-state index contributed by atoms with van der Waals surface area (Å²) in [7, 11) is 2.85. The Kier molecular flexibility index (Phi) is 4.83. The van der Waals surface area contributed by atoms with Gasteiger partial charge in [0.05, 0.1) is 19.8 Å². The summed E-state index contributed by atoms with van der Waals surface area (Å²) >= 11 is 0. The van der Waals surface area contributed by atoms with Crippen LogP contribution in [0.25, 0.3) is 11.0 Å². The zero-order valence-corrected chi connectivity index (χ0v) is 12.6. The van der Waals surface area contributed by atoms with Crippen LogP contribution in [0.1, 0.15) is 16.1 Å². The third-order valence-electron chi connectivity index (χ3n) is 3.13.